The van der Waals surface area contributed by atoms with Crippen LogP contribution in [0.5, 0.6) is 5.88 Å². The molecule has 0 radical (unpaired) electrons. The molecule has 0 aliphatic carbocycles. The van der Waals surface area contributed by atoms with Gasteiger partial charge in [-0.2, -0.15) is 0 Å². The van der Waals surface area contributed by atoms with Crippen LogP contribution in [0.2, 0.25) is 0 Å². The monoisotopic (exact) mass is 332 g/mol. The van der Waals surface area contributed by atoms with Crippen molar-refractivity contribution in [1.29, 1.82) is 0 Å². The lowest BCUT2D eigenvalue weighted by atomic mass is 9.81. The van der Waals surface area contributed by atoms with Gasteiger partial charge in [0.25, 0.3) is 0 Å². The molecule has 1 aromatic heterocycles. The molecule has 0 saturated carbocycles. The number of aromatic nitrogens is 2. The Bertz CT molecular complexity index is 846. The molecule has 0 unspecified atom stereocenters. The number of hydrogen-bond acceptors (Lipinski definition) is 4. The number of hydrogen-bond donors (Lipinski definition) is 0. The van der Waals surface area contributed by atoms with E-state index in [0.29, 0.717) is 5.88 Å². The first-order valence-electron chi connectivity index (χ1n) is 8.16. The third-order valence-electron chi connectivity index (χ3n) is 4.29. The van der Waals surface area contributed by atoms with E-state index in [0.717, 1.165) is 16.7 Å². The Kier molecular flexibility index (Phi) is 4.89. The van der Waals surface area contributed by atoms with Crippen molar-refractivity contribution in [2.75, 3.05) is 6.61 Å². The van der Waals surface area contributed by atoms with E-state index in [1.807, 2.05) is 74.5 Å². The van der Waals surface area contributed by atoms with Crippen LogP contribution in [0.25, 0.3) is 11.1 Å². The fraction of sp³-hybridized carbons (Fsp3) is 0.190. The maximum absolute atomic E-state index is 12.7. The van der Waals surface area contributed by atoms with E-state index in [-0.39, 0.29) is 12.4 Å². The summed E-state index contributed by atoms with van der Waals surface area (Å²) in [6.45, 7) is 3.77. The molecule has 2 aromatic carbocycles. The minimum Gasteiger partial charge on any atom is -0.469 e. The van der Waals surface area contributed by atoms with E-state index < -0.39 is 5.41 Å². The molecule has 0 amide bonds. The third kappa shape index (κ3) is 3.74. The second kappa shape index (κ2) is 7.26. The van der Waals surface area contributed by atoms with Gasteiger partial charge in [-0.1, -0.05) is 60.7 Å². The first-order valence-corrected chi connectivity index (χ1v) is 8.16. The summed E-state index contributed by atoms with van der Waals surface area (Å²) in [5.74, 6) is 0.412. The van der Waals surface area contributed by atoms with Crippen molar-refractivity contribution in [3.05, 3.63) is 78.8 Å². The molecule has 0 aliphatic rings. The lowest BCUT2D eigenvalue weighted by Crippen LogP contribution is -2.33. The standard InChI is InChI=1S/C21H20N2O2/c1-21(2,17-11-7-4-8-12-17)19(24)14-25-20-18(13-22-15-23-20)16-9-5-3-6-10-16/h3-13,15H,14H2,1-2H3. The van der Waals surface area contributed by atoms with Gasteiger partial charge in [0, 0.05) is 6.20 Å². The third-order valence-corrected chi connectivity index (χ3v) is 4.29. The molecule has 0 atom stereocenters. The maximum atomic E-state index is 12.7. The van der Waals surface area contributed by atoms with E-state index in [4.69, 9.17) is 4.74 Å². The molecule has 0 N–H and O–H groups in total. The lowest BCUT2D eigenvalue weighted by Gasteiger charge is -2.23. The van der Waals surface area contributed by atoms with Crippen LogP contribution in [-0.2, 0) is 10.2 Å². The second-order valence-electron chi connectivity index (χ2n) is 6.31. The highest BCUT2D eigenvalue weighted by Crippen LogP contribution is 2.28. The van der Waals surface area contributed by atoms with E-state index in [1.165, 1.54) is 6.33 Å². The van der Waals surface area contributed by atoms with Crippen molar-refractivity contribution in [3.63, 3.8) is 0 Å². The van der Waals surface area contributed by atoms with Crippen molar-refractivity contribution in [3.8, 4) is 17.0 Å². The van der Waals surface area contributed by atoms with Gasteiger partial charge in [-0.3, -0.25) is 4.79 Å². The zero-order valence-corrected chi connectivity index (χ0v) is 14.3. The highest BCUT2D eigenvalue weighted by molar-refractivity contribution is 5.90. The Morgan fingerprint density at radius 1 is 1.00 bits per heavy atom. The van der Waals surface area contributed by atoms with Gasteiger partial charge >= 0.3 is 0 Å². The number of carbonyl (C=O) groups excluding carboxylic acids is 1. The minimum absolute atomic E-state index is 0.00340. The molecule has 0 spiro atoms. The molecular weight excluding hydrogens is 312 g/mol. The van der Waals surface area contributed by atoms with Crippen LogP contribution in [0.15, 0.2) is 73.2 Å². The summed E-state index contributed by atoms with van der Waals surface area (Å²) in [6.07, 6.45) is 3.12. The SMILES string of the molecule is CC(C)(C(=O)COc1ncncc1-c1ccccc1)c1ccccc1. The normalized spacial score (nSPS) is 11.1. The highest BCUT2D eigenvalue weighted by Gasteiger charge is 2.30. The molecule has 126 valence electrons. The van der Waals surface area contributed by atoms with E-state index in [1.54, 1.807) is 6.20 Å². The smallest absolute Gasteiger partial charge is 0.224 e. The van der Waals surface area contributed by atoms with E-state index in [9.17, 15) is 4.79 Å². The summed E-state index contributed by atoms with van der Waals surface area (Å²) in [5.41, 5.74) is 2.07. The van der Waals surface area contributed by atoms with E-state index in [2.05, 4.69) is 9.97 Å². The van der Waals surface area contributed by atoms with Gasteiger partial charge in [0.15, 0.2) is 5.78 Å². The fourth-order valence-electron chi connectivity index (χ4n) is 2.58. The van der Waals surface area contributed by atoms with Crippen molar-refractivity contribution < 1.29 is 9.53 Å². The Morgan fingerprint density at radius 3 is 2.32 bits per heavy atom. The number of ketones is 1. The largest absolute Gasteiger partial charge is 0.469 e. The molecule has 3 aromatic rings. The minimum atomic E-state index is -0.624. The van der Waals surface area contributed by atoms with Gasteiger partial charge in [0.2, 0.25) is 5.88 Å². The number of carbonyl (C=O) groups is 1. The second-order valence-corrected chi connectivity index (χ2v) is 6.31. The molecule has 0 fully saturated rings. The predicted octanol–water partition coefficient (Wildman–Crippen LogP) is 4.07. The molecule has 0 aliphatic heterocycles. The average molecular weight is 332 g/mol. The zero-order chi connectivity index (χ0) is 17.7. The Hall–Kier alpha value is -3.01. The summed E-state index contributed by atoms with van der Waals surface area (Å²) in [4.78, 5) is 21.0. The number of ether oxygens (including phenoxy) is 1. The molecule has 0 saturated heterocycles. The first kappa shape index (κ1) is 16.8. The van der Waals surface area contributed by atoms with Crippen LogP contribution in [-0.4, -0.2) is 22.4 Å². The van der Waals surface area contributed by atoms with Crippen LogP contribution in [0.1, 0.15) is 19.4 Å². The Labute approximate surface area is 147 Å². The molecule has 0 bridgehead atoms. The summed E-state index contributed by atoms with van der Waals surface area (Å²) in [6, 6.07) is 19.5. The van der Waals surface area contributed by atoms with E-state index >= 15 is 0 Å². The summed E-state index contributed by atoms with van der Waals surface area (Å²) < 4.78 is 5.76. The highest BCUT2D eigenvalue weighted by atomic mass is 16.5. The van der Waals surface area contributed by atoms with Crippen LogP contribution in [0.4, 0.5) is 0 Å². The fourth-order valence-corrected chi connectivity index (χ4v) is 2.58. The van der Waals surface area contributed by atoms with Crippen LogP contribution >= 0.6 is 0 Å². The Balaban J connectivity index is 1.77. The van der Waals surface area contributed by atoms with Gasteiger partial charge in [0.1, 0.15) is 12.9 Å². The van der Waals surface area contributed by atoms with Gasteiger partial charge in [0.05, 0.1) is 11.0 Å². The number of benzene rings is 2. The Morgan fingerprint density at radius 2 is 1.64 bits per heavy atom. The van der Waals surface area contributed by atoms with Crippen molar-refractivity contribution in [2.24, 2.45) is 0 Å². The average Bonchev–Trinajstić information content (AvgIpc) is 2.67. The topological polar surface area (TPSA) is 52.1 Å². The maximum Gasteiger partial charge on any atom is 0.224 e. The van der Waals surface area contributed by atoms with Gasteiger partial charge in [-0.05, 0) is 25.0 Å². The van der Waals surface area contributed by atoms with Crippen LogP contribution < -0.4 is 4.74 Å². The van der Waals surface area contributed by atoms with Crippen molar-refractivity contribution in [1.82, 2.24) is 9.97 Å². The zero-order valence-electron chi connectivity index (χ0n) is 14.3. The van der Waals surface area contributed by atoms with Crippen molar-refractivity contribution in [2.45, 2.75) is 19.3 Å². The number of rotatable bonds is 6. The van der Waals surface area contributed by atoms with Gasteiger partial charge < -0.3 is 4.74 Å². The lowest BCUT2D eigenvalue weighted by molar-refractivity contribution is -0.125. The quantitative estimate of drug-likeness (QED) is 0.683. The van der Waals surface area contributed by atoms with Crippen LogP contribution in [0, 0.1) is 0 Å². The molecule has 4 nitrogen and oxygen atoms in total. The van der Waals surface area contributed by atoms with Gasteiger partial charge in [-0.25, -0.2) is 9.97 Å². The molecule has 4 heteroatoms. The van der Waals surface area contributed by atoms with Crippen molar-refractivity contribution >= 4 is 5.78 Å². The summed E-state index contributed by atoms with van der Waals surface area (Å²) in [5, 5.41) is 0. The molecule has 3 rings (SSSR count). The molecule has 25 heavy (non-hydrogen) atoms. The molecule has 1 heterocycles. The first-order chi connectivity index (χ1) is 12.1. The molecular formula is C21H20N2O2. The summed E-state index contributed by atoms with van der Waals surface area (Å²) in [7, 11) is 0. The summed E-state index contributed by atoms with van der Waals surface area (Å²) >= 11 is 0. The number of nitrogens with zero attached hydrogens (tertiary/aromatic N) is 2. The van der Waals surface area contributed by atoms with Gasteiger partial charge in [-0.15, -0.1) is 0 Å². The predicted molar refractivity (Wildman–Crippen MR) is 97.4 cm³/mol. The number of Topliss-reactive ketones (excluding diaryl/α,β-unsaturated/α-hetero) is 1. The van der Waals surface area contributed by atoms with Crippen LogP contribution in [0.3, 0.4) is 0 Å².